The summed E-state index contributed by atoms with van der Waals surface area (Å²) < 4.78 is 36.6. The van der Waals surface area contributed by atoms with E-state index in [9.17, 15) is 13.2 Å². The first kappa shape index (κ1) is 11.7. The Bertz CT molecular complexity index is 423. The molecule has 1 aromatic heterocycles. The topological polar surface area (TPSA) is 78.0 Å². The summed E-state index contributed by atoms with van der Waals surface area (Å²) in [6.07, 6.45) is -4.52. The number of hydrogen-bond donors (Lipinski definition) is 3. The van der Waals surface area contributed by atoms with E-state index < -0.39 is 12.0 Å². The summed E-state index contributed by atoms with van der Waals surface area (Å²) in [5, 5.41) is 11.2. The molecule has 1 unspecified atom stereocenters. The van der Waals surface area contributed by atoms with Crippen LogP contribution >= 0.6 is 0 Å². The van der Waals surface area contributed by atoms with Crippen LogP contribution in [0.2, 0.25) is 0 Å². The van der Waals surface area contributed by atoms with Crippen LogP contribution in [-0.4, -0.2) is 33.7 Å². The van der Waals surface area contributed by atoms with Gasteiger partial charge < -0.3 is 10.6 Å². The zero-order valence-corrected chi connectivity index (χ0v) is 8.97. The molecule has 3 N–H and O–H groups in total. The van der Waals surface area contributed by atoms with Crippen LogP contribution in [0.15, 0.2) is 4.99 Å². The second kappa shape index (κ2) is 4.22. The number of alkyl halides is 3. The van der Waals surface area contributed by atoms with Crippen molar-refractivity contribution in [1.29, 1.82) is 0 Å². The highest BCUT2D eigenvalue weighted by Crippen LogP contribution is 2.25. The van der Waals surface area contributed by atoms with Gasteiger partial charge in [0.2, 0.25) is 0 Å². The SMILES string of the molecule is CC1CN=C(NCc2nc(C(F)(F)F)n[nH]2)N1. The van der Waals surface area contributed by atoms with Crippen molar-refractivity contribution in [2.75, 3.05) is 6.54 Å². The zero-order chi connectivity index (χ0) is 12.5. The molecule has 0 radical (unpaired) electrons. The van der Waals surface area contributed by atoms with Crippen molar-refractivity contribution in [2.24, 2.45) is 4.99 Å². The van der Waals surface area contributed by atoms with Crippen molar-refractivity contribution in [2.45, 2.75) is 25.7 Å². The third kappa shape index (κ3) is 2.86. The summed E-state index contributed by atoms with van der Waals surface area (Å²) in [7, 11) is 0. The Morgan fingerprint density at radius 1 is 1.47 bits per heavy atom. The monoisotopic (exact) mass is 248 g/mol. The third-order valence-electron chi connectivity index (χ3n) is 2.11. The molecule has 0 bridgehead atoms. The highest BCUT2D eigenvalue weighted by Gasteiger charge is 2.35. The Hall–Kier alpha value is -1.80. The number of guanidine groups is 1. The molecular formula is C8H11F3N6. The zero-order valence-electron chi connectivity index (χ0n) is 8.97. The van der Waals surface area contributed by atoms with E-state index in [4.69, 9.17) is 0 Å². The second-order valence-electron chi connectivity index (χ2n) is 3.69. The number of H-pyrrole nitrogens is 1. The molecule has 17 heavy (non-hydrogen) atoms. The van der Waals surface area contributed by atoms with Gasteiger partial charge in [0.25, 0.3) is 5.82 Å². The largest absolute Gasteiger partial charge is 0.453 e. The Kier molecular flexibility index (Phi) is 2.90. The molecule has 2 rings (SSSR count). The molecule has 1 aliphatic heterocycles. The number of hydrogen-bond acceptors (Lipinski definition) is 5. The molecule has 0 saturated carbocycles. The predicted octanol–water partition coefficient (Wildman–Crippen LogP) is 0.261. The third-order valence-corrected chi connectivity index (χ3v) is 2.11. The van der Waals surface area contributed by atoms with E-state index in [1.54, 1.807) is 0 Å². The van der Waals surface area contributed by atoms with E-state index >= 15 is 0 Å². The second-order valence-corrected chi connectivity index (χ2v) is 3.69. The van der Waals surface area contributed by atoms with Crippen LogP contribution in [0, 0.1) is 0 Å². The van der Waals surface area contributed by atoms with Crippen LogP contribution in [0.1, 0.15) is 18.6 Å². The number of aromatic amines is 1. The van der Waals surface area contributed by atoms with E-state index in [0.29, 0.717) is 12.5 Å². The summed E-state index contributed by atoms with van der Waals surface area (Å²) in [5.41, 5.74) is 0. The van der Waals surface area contributed by atoms with Gasteiger partial charge in [0.1, 0.15) is 5.82 Å². The first-order valence-corrected chi connectivity index (χ1v) is 4.98. The molecule has 9 heteroatoms. The normalized spacial score (nSPS) is 20.0. The van der Waals surface area contributed by atoms with Crippen LogP contribution in [0.4, 0.5) is 13.2 Å². The van der Waals surface area contributed by atoms with Crippen LogP contribution in [0.3, 0.4) is 0 Å². The highest BCUT2D eigenvalue weighted by atomic mass is 19.4. The maximum Gasteiger partial charge on any atom is 0.453 e. The summed E-state index contributed by atoms with van der Waals surface area (Å²) in [6.45, 7) is 2.71. The molecule has 0 aromatic carbocycles. The van der Waals surface area contributed by atoms with Crippen molar-refractivity contribution in [3.05, 3.63) is 11.6 Å². The lowest BCUT2D eigenvalue weighted by Gasteiger charge is -2.06. The minimum atomic E-state index is -4.52. The van der Waals surface area contributed by atoms with Crippen molar-refractivity contribution >= 4 is 5.96 Å². The Morgan fingerprint density at radius 3 is 2.76 bits per heavy atom. The average Bonchev–Trinajstić information content (AvgIpc) is 2.82. The van der Waals surface area contributed by atoms with Gasteiger partial charge in [-0.05, 0) is 6.92 Å². The van der Waals surface area contributed by atoms with E-state index in [2.05, 4.69) is 30.8 Å². The van der Waals surface area contributed by atoms with E-state index in [1.807, 2.05) is 6.92 Å². The molecule has 0 saturated heterocycles. The van der Waals surface area contributed by atoms with Gasteiger partial charge in [0.15, 0.2) is 5.96 Å². The van der Waals surface area contributed by atoms with Crippen LogP contribution in [0.5, 0.6) is 0 Å². The Morgan fingerprint density at radius 2 is 2.24 bits per heavy atom. The smallest absolute Gasteiger partial charge is 0.352 e. The molecule has 1 atom stereocenters. The van der Waals surface area contributed by atoms with Crippen molar-refractivity contribution in [3.8, 4) is 0 Å². The maximum absolute atomic E-state index is 12.2. The number of rotatable bonds is 2. The molecule has 0 amide bonds. The Balaban J connectivity index is 1.90. The van der Waals surface area contributed by atoms with Crippen LogP contribution in [-0.2, 0) is 12.7 Å². The first-order valence-electron chi connectivity index (χ1n) is 4.98. The minimum Gasteiger partial charge on any atom is -0.352 e. The number of nitrogens with one attached hydrogen (secondary N) is 3. The molecule has 1 aromatic rings. The average molecular weight is 248 g/mol. The first-order chi connectivity index (χ1) is 7.95. The quantitative estimate of drug-likeness (QED) is 0.701. The number of aliphatic imine (C=N–C) groups is 1. The van der Waals surface area contributed by atoms with Crippen LogP contribution in [0.25, 0.3) is 0 Å². The summed E-state index contributed by atoms with van der Waals surface area (Å²) >= 11 is 0. The van der Waals surface area contributed by atoms with Gasteiger partial charge in [-0.1, -0.05) is 0 Å². The van der Waals surface area contributed by atoms with Gasteiger partial charge in [-0.2, -0.15) is 13.2 Å². The maximum atomic E-state index is 12.2. The standard InChI is InChI=1S/C8H11F3N6/c1-4-2-12-7(14-4)13-3-5-15-6(17-16-5)8(9,10)11/h4H,2-3H2,1H3,(H2,12,13,14)(H,15,16,17). The fraction of sp³-hybridized carbons (Fsp3) is 0.625. The van der Waals surface area contributed by atoms with E-state index in [1.165, 1.54) is 0 Å². The minimum absolute atomic E-state index is 0.112. The van der Waals surface area contributed by atoms with Crippen molar-refractivity contribution < 1.29 is 13.2 Å². The lowest BCUT2D eigenvalue weighted by molar-refractivity contribution is -0.144. The lowest BCUT2D eigenvalue weighted by Crippen LogP contribution is -2.37. The van der Waals surface area contributed by atoms with Gasteiger partial charge in [-0.25, -0.2) is 4.98 Å². The number of nitrogens with zero attached hydrogens (tertiary/aromatic N) is 3. The molecule has 0 fully saturated rings. The predicted molar refractivity (Wildman–Crippen MR) is 53.1 cm³/mol. The van der Waals surface area contributed by atoms with Crippen LogP contribution < -0.4 is 10.6 Å². The molecule has 0 aliphatic carbocycles. The fourth-order valence-corrected chi connectivity index (χ4v) is 1.33. The lowest BCUT2D eigenvalue weighted by atomic mass is 10.4. The molecular weight excluding hydrogens is 237 g/mol. The van der Waals surface area contributed by atoms with Gasteiger partial charge in [-0.15, -0.1) is 5.10 Å². The Labute approximate surface area is 94.7 Å². The van der Waals surface area contributed by atoms with E-state index in [-0.39, 0.29) is 18.4 Å². The highest BCUT2D eigenvalue weighted by molar-refractivity contribution is 5.81. The van der Waals surface area contributed by atoms with Crippen molar-refractivity contribution in [3.63, 3.8) is 0 Å². The van der Waals surface area contributed by atoms with Crippen molar-refractivity contribution in [1.82, 2.24) is 25.8 Å². The molecule has 2 heterocycles. The summed E-state index contributed by atoms with van der Waals surface area (Å²) in [5.74, 6) is -0.493. The summed E-state index contributed by atoms with van der Waals surface area (Å²) in [6, 6.07) is 0.234. The van der Waals surface area contributed by atoms with E-state index in [0.717, 1.165) is 0 Å². The van der Waals surface area contributed by atoms with Gasteiger partial charge >= 0.3 is 6.18 Å². The number of aromatic nitrogens is 3. The van der Waals surface area contributed by atoms with Gasteiger partial charge in [0.05, 0.1) is 13.1 Å². The molecule has 0 spiro atoms. The number of halogens is 3. The molecule has 94 valence electrons. The van der Waals surface area contributed by atoms with Gasteiger partial charge in [-0.3, -0.25) is 10.1 Å². The molecule has 6 nitrogen and oxygen atoms in total. The van der Waals surface area contributed by atoms with Gasteiger partial charge in [0, 0.05) is 6.04 Å². The summed E-state index contributed by atoms with van der Waals surface area (Å²) in [4.78, 5) is 7.42. The fourth-order valence-electron chi connectivity index (χ4n) is 1.33. The molecule has 1 aliphatic rings.